The summed E-state index contributed by atoms with van der Waals surface area (Å²) in [5, 5.41) is 0. The maximum atomic E-state index is 13.2. The Morgan fingerprint density at radius 1 is 1.04 bits per heavy atom. The summed E-state index contributed by atoms with van der Waals surface area (Å²) in [5.74, 6) is 1.18. The molecule has 2 bridgehead atoms. The number of aromatic nitrogens is 2. The summed E-state index contributed by atoms with van der Waals surface area (Å²) in [6.45, 7) is 4.67. The lowest BCUT2D eigenvalue weighted by atomic mass is 10.00. The van der Waals surface area contributed by atoms with Crippen LogP contribution < -0.4 is 4.90 Å². The average molecular weight is 357 g/mol. The van der Waals surface area contributed by atoms with Gasteiger partial charge in [-0.1, -0.05) is 12.1 Å². The smallest absolute Gasteiger partial charge is 0.258 e. The largest absolute Gasteiger partial charge is 0.309 e. The molecule has 2 aliphatic rings. The third-order valence-corrected chi connectivity index (χ3v) is 6.05. The number of rotatable bonds is 3. The predicted molar refractivity (Wildman–Crippen MR) is 107 cm³/mol. The van der Waals surface area contributed by atoms with Crippen molar-refractivity contribution in [3.63, 3.8) is 0 Å². The normalized spacial score (nSPS) is 20.1. The van der Waals surface area contributed by atoms with Crippen molar-refractivity contribution >= 4 is 22.6 Å². The Kier molecular flexibility index (Phi) is 3.74. The van der Waals surface area contributed by atoms with Crippen molar-refractivity contribution in [2.45, 2.75) is 44.9 Å². The number of amides is 1. The summed E-state index contributed by atoms with van der Waals surface area (Å²) in [7, 11) is 0. The van der Waals surface area contributed by atoms with Crippen LogP contribution in [0.5, 0.6) is 0 Å². The molecule has 4 heteroatoms. The molecule has 2 atom stereocenters. The van der Waals surface area contributed by atoms with Gasteiger partial charge >= 0.3 is 0 Å². The maximum absolute atomic E-state index is 13.2. The fraction of sp³-hybridized carbons (Fsp3) is 0.348. The maximum Gasteiger partial charge on any atom is 0.258 e. The van der Waals surface area contributed by atoms with Crippen LogP contribution in [0.2, 0.25) is 0 Å². The molecule has 2 unspecified atom stereocenters. The Morgan fingerprint density at radius 3 is 2.48 bits per heavy atom. The van der Waals surface area contributed by atoms with Crippen molar-refractivity contribution in [3.8, 4) is 0 Å². The first-order valence-electron chi connectivity index (χ1n) is 9.84. The van der Waals surface area contributed by atoms with E-state index in [-0.39, 0.29) is 5.91 Å². The number of aryl methyl sites for hydroxylation is 1. The van der Waals surface area contributed by atoms with E-state index in [2.05, 4.69) is 0 Å². The molecule has 1 saturated carbocycles. The first-order valence-corrected chi connectivity index (χ1v) is 9.84. The standard InChI is InChI=1S/C23H23N3O/c1-3-26(18-6-4-5-14(2)11-18)23(27)17-9-10-19-20(13-17)25-22-16-8-7-15(12-16)21(22)24-19/h4-6,9-11,13,15-16H,3,7-8,12H2,1-2H3. The highest BCUT2D eigenvalue weighted by atomic mass is 16.2. The molecule has 27 heavy (non-hydrogen) atoms. The Bertz CT molecular complexity index is 1060. The molecule has 1 amide bonds. The van der Waals surface area contributed by atoms with Gasteiger partial charge in [0.05, 0.1) is 22.4 Å². The van der Waals surface area contributed by atoms with E-state index in [0.29, 0.717) is 23.9 Å². The molecular formula is C23H23N3O. The number of hydrogen-bond donors (Lipinski definition) is 0. The zero-order chi connectivity index (χ0) is 18.5. The predicted octanol–water partition coefficient (Wildman–Crippen LogP) is 4.97. The zero-order valence-electron chi connectivity index (χ0n) is 15.8. The van der Waals surface area contributed by atoms with Gasteiger partial charge in [0.1, 0.15) is 0 Å². The summed E-state index contributed by atoms with van der Waals surface area (Å²) in [6.07, 6.45) is 3.68. The van der Waals surface area contributed by atoms with Crippen LogP contribution in [-0.2, 0) is 0 Å². The van der Waals surface area contributed by atoms with Crippen LogP contribution in [0.1, 0.15) is 65.3 Å². The van der Waals surface area contributed by atoms with Crippen LogP contribution in [0.3, 0.4) is 0 Å². The molecular weight excluding hydrogens is 334 g/mol. The van der Waals surface area contributed by atoms with Gasteiger partial charge in [-0.15, -0.1) is 0 Å². The van der Waals surface area contributed by atoms with Crippen molar-refractivity contribution in [3.05, 3.63) is 65.0 Å². The molecule has 1 heterocycles. The van der Waals surface area contributed by atoms with Crippen LogP contribution in [0, 0.1) is 6.92 Å². The van der Waals surface area contributed by atoms with Crippen molar-refractivity contribution in [2.24, 2.45) is 0 Å². The molecule has 5 rings (SSSR count). The van der Waals surface area contributed by atoms with E-state index in [1.807, 2.05) is 61.2 Å². The molecule has 2 aliphatic carbocycles. The molecule has 136 valence electrons. The molecule has 1 fully saturated rings. The fourth-order valence-corrected chi connectivity index (χ4v) is 4.69. The van der Waals surface area contributed by atoms with Gasteiger partial charge in [-0.05, 0) is 69.0 Å². The van der Waals surface area contributed by atoms with Crippen LogP contribution >= 0.6 is 0 Å². The Hall–Kier alpha value is -2.75. The average Bonchev–Trinajstić information content (AvgIpc) is 3.29. The van der Waals surface area contributed by atoms with E-state index < -0.39 is 0 Å². The molecule has 0 N–H and O–H groups in total. The van der Waals surface area contributed by atoms with E-state index in [1.165, 1.54) is 30.7 Å². The number of fused-ring (bicyclic) bond motifs is 6. The minimum absolute atomic E-state index is 0.00817. The summed E-state index contributed by atoms with van der Waals surface area (Å²) in [6, 6.07) is 13.8. The first kappa shape index (κ1) is 16.4. The van der Waals surface area contributed by atoms with Gasteiger partial charge in [-0.2, -0.15) is 0 Å². The van der Waals surface area contributed by atoms with Crippen molar-refractivity contribution in [1.29, 1.82) is 0 Å². The number of carbonyl (C=O) groups excluding carboxylic acids is 1. The summed E-state index contributed by atoms with van der Waals surface area (Å²) in [5.41, 5.74) is 6.86. The second kappa shape index (κ2) is 6.15. The number of hydrogen-bond acceptors (Lipinski definition) is 3. The molecule has 0 aliphatic heterocycles. The first-order chi connectivity index (χ1) is 13.1. The van der Waals surface area contributed by atoms with E-state index in [4.69, 9.17) is 9.97 Å². The van der Waals surface area contributed by atoms with Crippen molar-refractivity contribution in [1.82, 2.24) is 9.97 Å². The number of benzene rings is 2. The highest BCUT2D eigenvalue weighted by Gasteiger charge is 2.39. The molecule has 2 aromatic carbocycles. The van der Waals surface area contributed by atoms with Gasteiger partial charge in [-0.3, -0.25) is 4.79 Å². The minimum atomic E-state index is 0.00817. The molecule has 0 spiro atoms. The van der Waals surface area contributed by atoms with Crippen molar-refractivity contribution < 1.29 is 4.79 Å². The van der Waals surface area contributed by atoms with Gasteiger partial charge in [0.2, 0.25) is 0 Å². The Labute approximate surface area is 159 Å². The molecule has 4 nitrogen and oxygen atoms in total. The second-order valence-corrected chi connectivity index (χ2v) is 7.79. The monoisotopic (exact) mass is 357 g/mol. The van der Waals surface area contributed by atoms with Gasteiger partial charge < -0.3 is 4.90 Å². The van der Waals surface area contributed by atoms with Gasteiger partial charge in [0, 0.05) is 29.6 Å². The van der Waals surface area contributed by atoms with E-state index in [9.17, 15) is 4.79 Å². The summed E-state index contributed by atoms with van der Waals surface area (Å²) < 4.78 is 0. The van der Waals surface area contributed by atoms with Crippen LogP contribution in [0.25, 0.3) is 11.0 Å². The lowest BCUT2D eigenvalue weighted by Crippen LogP contribution is -2.30. The van der Waals surface area contributed by atoms with Gasteiger partial charge in [0.15, 0.2) is 0 Å². The molecule has 0 saturated heterocycles. The fourth-order valence-electron chi connectivity index (χ4n) is 4.69. The molecule has 3 aromatic rings. The third-order valence-electron chi connectivity index (χ3n) is 6.05. The van der Waals surface area contributed by atoms with Crippen molar-refractivity contribution in [2.75, 3.05) is 11.4 Å². The second-order valence-electron chi connectivity index (χ2n) is 7.79. The number of carbonyl (C=O) groups is 1. The number of nitrogens with zero attached hydrogens (tertiary/aromatic N) is 3. The number of anilines is 1. The lowest BCUT2D eigenvalue weighted by molar-refractivity contribution is 0.0988. The zero-order valence-corrected chi connectivity index (χ0v) is 15.8. The lowest BCUT2D eigenvalue weighted by Gasteiger charge is -2.22. The highest BCUT2D eigenvalue weighted by molar-refractivity contribution is 6.07. The minimum Gasteiger partial charge on any atom is -0.309 e. The quantitative estimate of drug-likeness (QED) is 0.665. The van der Waals surface area contributed by atoms with E-state index >= 15 is 0 Å². The summed E-state index contributed by atoms with van der Waals surface area (Å²) >= 11 is 0. The van der Waals surface area contributed by atoms with E-state index in [0.717, 1.165) is 22.3 Å². The van der Waals surface area contributed by atoms with Crippen LogP contribution in [-0.4, -0.2) is 22.4 Å². The van der Waals surface area contributed by atoms with Crippen LogP contribution in [0.15, 0.2) is 42.5 Å². The molecule has 0 radical (unpaired) electrons. The van der Waals surface area contributed by atoms with Crippen LogP contribution in [0.4, 0.5) is 5.69 Å². The topological polar surface area (TPSA) is 46.1 Å². The van der Waals surface area contributed by atoms with Gasteiger partial charge in [0.25, 0.3) is 5.91 Å². The van der Waals surface area contributed by atoms with E-state index in [1.54, 1.807) is 0 Å². The summed E-state index contributed by atoms with van der Waals surface area (Å²) in [4.78, 5) is 24.8. The SMILES string of the molecule is CCN(C(=O)c1ccc2nc3c(nc2c1)C1CCC3C1)c1cccc(C)c1. The third kappa shape index (κ3) is 2.62. The Balaban J connectivity index is 1.53. The molecule has 1 aromatic heterocycles. The highest BCUT2D eigenvalue weighted by Crippen LogP contribution is 2.51. The Morgan fingerprint density at radius 2 is 1.78 bits per heavy atom. The van der Waals surface area contributed by atoms with Gasteiger partial charge in [-0.25, -0.2) is 9.97 Å².